The van der Waals surface area contributed by atoms with Gasteiger partial charge in [-0.05, 0) is 33.6 Å². The molecule has 1 aromatic carbocycles. The van der Waals surface area contributed by atoms with Crippen LogP contribution >= 0.6 is 28.3 Å². The summed E-state index contributed by atoms with van der Waals surface area (Å²) in [5.41, 5.74) is 5.56. The van der Waals surface area contributed by atoms with E-state index in [1.807, 2.05) is 0 Å². The second-order valence-electron chi connectivity index (χ2n) is 3.64. The predicted molar refractivity (Wildman–Crippen MR) is 73.5 cm³/mol. The minimum atomic E-state index is -3.41. The van der Waals surface area contributed by atoms with Crippen LogP contribution in [-0.2, 0) is 0 Å². The van der Waals surface area contributed by atoms with Gasteiger partial charge in [0.2, 0.25) is 0 Å². The first-order chi connectivity index (χ1) is 8.37. The third-order valence-electron chi connectivity index (χ3n) is 2.49. The van der Waals surface area contributed by atoms with Crippen molar-refractivity contribution >= 4 is 28.3 Å². The summed E-state index contributed by atoms with van der Waals surface area (Å²) < 4.78 is 37.3. The van der Waals surface area contributed by atoms with Gasteiger partial charge in [0.25, 0.3) is 5.92 Å². The van der Waals surface area contributed by atoms with E-state index in [1.54, 1.807) is 0 Å². The topological polar surface area (TPSA) is 64.7 Å². The molecular weight excluding hydrogens is 347 g/mol. The van der Waals surface area contributed by atoms with Gasteiger partial charge in [0, 0.05) is 0 Å². The normalized spacial score (nSPS) is 12.6. The van der Waals surface area contributed by atoms with Crippen molar-refractivity contribution < 1.29 is 23.4 Å². The highest BCUT2D eigenvalue weighted by molar-refractivity contribution is 9.10. The third kappa shape index (κ3) is 3.92. The third-order valence-corrected chi connectivity index (χ3v) is 3.27. The summed E-state index contributed by atoms with van der Waals surface area (Å²) >= 11 is 3.22. The Balaban J connectivity index is 0.00000324. The molecule has 0 heterocycles. The Morgan fingerprint density at radius 1 is 1.32 bits per heavy atom. The maximum absolute atomic E-state index is 13.3. The molecule has 0 aliphatic rings. The Kier molecular flexibility index (Phi) is 6.99. The summed E-state index contributed by atoms with van der Waals surface area (Å²) in [6, 6.07) is 1.11. The van der Waals surface area contributed by atoms with E-state index in [-0.39, 0.29) is 18.0 Å². The van der Waals surface area contributed by atoms with E-state index in [9.17, 15) is 8.78 Å². The monoisotopic (exact) mass is 361 g/mol. The number of ether oxygens (including phenoxy) is 2. The number of benzene rings is 1. The number of halogens is 4. The van der Waals surface area contributed by atoms with Gasteiger partial charge in [0.15, 0.2) is 0 Å². The van der Waals surface area contributed by atoms with E-state index < -0.39 is 18.6 Å². The van der Waals surface area contributed by atoms with E-state index in [2.05, 4.69) is 15.9 Å². The second-order valence-corrected chi connectivity index (χ2v) is 4.43. The summed E-state index contributed by atoms with van der Waals surface area (Å²) in [5, 5.41) is 8.63. The van der Waals surface area contributed by atoms with Gasteiger partial charge in [0.05, 0.1) is 20.3 Å². The van der Waals surface area contributed by atoms with Crippen LogP contribution in [0.5, 0.6) is 11.5 Å². The van der Waals surface area contributed by atoms with Gasteiger partial charge in [-0.3, -0.25) is 0 Å². The van der Waals surface area contributed by atoms with Crippen molar-refractivity contribution in [3.63, 3.8) is 0 Å². The lowest BCUT2D eigenvalue weighted by molar-refractivity contribution is -0.0712. The quantitative estimate of drug-likeness (QED) is 0.845. The lowest BCUT2D eigenvalue weighted by Crippen LogP contribution is -2.36. The van der Waals surface area contributed by atoms with E-state index in [0.717, 1.165) is 0 Å². The molecule has 0 bridgehead atoms. The van der Waals surface area contributed by atoms with Gasteiger partial charge in [-0.2, -0.15) is 0 Å². The minimum Gasteiger partial charge on any atom is -0.495 e. The van der Waals surface area contributed by atoms with Crippen molar-refractivity contribution in [1.29, 1.82) is 0 Å². The van der Waals surface area contributed by atoms with E-state index in [0.29, 0.717) is 16.0 Å². The maximum atomic E-state index is 13.3. The molecule has 0 fully saturated rings. The molecule has 1 rings (SSSR count). The largest absolute Gasteiger partial charge is 0.495 e. The summed E-state index contributed by atoms with van der Waals surface area (Å²) in [6.45, 7) is -1.32. The van der Waals surface area contributed by atoms with E-state index in [1.165, 1.54) is 26.4 Å². The molecule has 3 N–H and O–H groups in total. The Hall–Kier alpha value is -0.630. The molecule has 0 aliphatic heterocycles. The van der Waals surface area contributed by atoms with Crippen LogP contribution in [0.4, 0.5) is 8.78 Å². The minimum absolute atomic E-state index is 0. The smallest absolute Gasteiger partial charge is 0.289 e. The fourth-order valence-corrected chi connectivity index (χ4v) is 1.96. The second kappa shape index (κ2) is 7.23. The molecule has 1 atom stereocenters. The predicted octanol–water partition coefficient (Wildman–Crippen LogP) is 2.52. The van der Waals surface area contributed by atoms with Crippen LogP contribution in [0.25, 0.3) is 0 Å². The van der Waals surface area contributed by atoms with Crippen molar-refractivity contribution in [3.05, 3.63) is 22.2 Å². The maximum Gasteiger partial charge on any atom is 0.289 e. The van der Waals surface area contributed by atoms with E-state index in [4.69, 9.17) is 20.3 Å². The first-order valence-electron chi connectivity index (χ1n) is 5.03. The molecule has 0 amide bonds. The van der Waals surface area contributed by atoms with Crippen LogP contribution in [0.1, 0.15) is 11.6 Å². The van der Waals surface area contributed by atoms with Crippen LogP contribution in [0, 0.1) is 0 Å². The van der Waals surface area contributed by atoms with Crippen molar-refractivity contribution in [2.75, 3.05) is 20.8 Å². The highest BCUT2D eigenvalue weighted by Crippen LogP contribution is 2.39. The number of aliphatic hydroxyl groups is 1. The molecule has 1 aromatic rings. The standard InChI is InChI=1S/C11H14BrF2NO3.ClH/c1-17-7-3-6(4-8(18-2)9(7)12)10(15)11(13,14)5-16;/h3-4,10,16H,5,15H2,1-2H3;1H/t10-;/m0./s1. The fraction of sp³-hybridized carbons (Fsp3) is 0.455. The number of methoxy groups -OCH3 is 2. The summed E-state index contributed by atoms with van der Waals surface area (Å²) in [6.07, 6.45) is 0. The average Bonchev–Trinajstić information content (AvgIpc) is 2.38. The first-order valence-corrected chi connectivity index (χ1v) is 5.82. The summed E-state index contributed by atoms with van der Waals surface area (Å²) in [4.78, 5) is 0. The van der Waals surface area contributed by atoms with Gasteiger partial charge in [-0.1, -0.05) is 0 Å². The zero-order chi connectivity index (χ0) is 13.9. The molecule has 0 aromatic heterocycles. The van der Waals surface area contributed by atoms with Gasteiger partial charge >= 0.3 is 0 Å². The molecular formula is C11H15BrClF2NO3. The molecule has 110 valence electrons. The van der Waals surface area contributed by atoms with Crippen molar-refractivity contribution in [3.8, 4) is 11.5 Å². The Bertz CT molecular complexity index is 409. The van der Waals surface area contributed by atoms with Crippen LogP contribution in [-0.4, -0.2) is 31.9 Å². The van der Waals surface area contributed by atoms with E-state index >= 15 is 0 Å². The van der Waals surface area contributed by atoms with Gasteiger partial charge in [-0.25, -0.2) is 8.78 Å². The number of rotatable bonds is 5. The zero-order valence-electron chi connectivity index (χ0n) is 10.3. The van der Waals surface area contributed by atoms with Crippen molar-refractivity contribution in [2.45, 2.75) is 12.0 Å². The summed E-state index contributed by atoms with van der Waals surface area (Å²) in [7, 11) is 2.80. The molecule has 19 heavy (non-hydrogen) atoms. The number of alkyl halides is 2. The van der Waals surface area contributed by atoms with Gasteiger partial charge < -0.3 is 20.3 Å². The zero-order valence-corrected chi connectivity index (χ0v) is 12.7. The summed E-state index contributed by atoms with van der Waals surface area (Å²) in [5.74, 6) is -2.76. The highest BCUT2D eigenvalue weighted by atomic mass is 79.9. The van der Waals surface area contributed by atoms with Gasteiger partial charge in [-0.15, -0.1) is 12.4 Å². The van der Waals surface area contributed by atoms with Gasteiger partial charge in [0.1, 0.15) is 22.6 Å². The molecule has 8 heteroatoms. The molecule has 0 spiro atoms. The lowest BCUT2D eigenvalue weighted by Gasteiger charge is -2.23. The Morgan fingerprint density at radius 2 is 1.74 bits per heavy atom. The molecule has 0 aliphatic carbocycles. The van der Waals surface area contributed by atoms with Crippen LogP contribution in [0.2, 0.25) is 0 Å². The van der Waals surface area contributed by atoms with Crippen molar-refractivity contribution in [1.82, 2.24) is 0 Å². The first kappa shape index (κ1) is 18.4. The lowest BCUT2D eigenvalue weighted by atomic mass is 10.0. The highest BCUT2D eigenvalue weighted by Gasteiger charge is 2.38. The average molecular weight is 363 g/mol. The molecule has 0 unspecified atom stereocenters. The van der Waals surface area contributed by atoms with Crippen LogP contribution < -0.4 is 15.2 Å². The Morgan fingerprint density at radius 3 is 2.05 bits per heavy atom. The number of hydrogen-bond donors (Lipinski definition) is 2. The van der Waals surface area contributed by atoms with Crippen LogP contribution in [0.3, 0.4) is 0 Å². The fourth-order valence-electron chi connectivity index (χ4n) is 1.41. The number of hydrogen-bond acceptors (Lipinski definition) is 4. The number of nitrogens with two attached hydrogens (primary N) is 1. The SMILES string of the molecule is COc1cc([C@H](N)C(F)(F)CO)cc(OC)c1Br.Cl. The molecule has 0 saturated heterocycles. The van der Waals surface area contributed by atoms with Crippen molar-refractivity contribution in [2.24, 2.45) is 5.73 Å². The van der Waals surface area contributed by atoms with Crippen LogP contribution in [0.15, 0.2) is 16.6 Å². The number of aliphatic hydroxyl groups excluding tert-OH is 1. The Labute approximate surface area is 124 Å². The molecule has 4 nitrogen and oxygen atoms in total. The molecule has 0 radical (unpaired) electrons. The molecule has 0 saturated carbocycles.